The lowest BCUT2D eigenvalue weighted by molar-refractivity contribution is -0.137. The van der Waals surface area contributed by atoms with E-state index >= 15 is 0 Å². The Kier molecular flexibility index (Phi) is 9.62. The Hall–Kier alpha value is -2.55. The largest absolute Gasteiger partial charge is 0.416 e. The Morgan fingerprint density at radius 1 is 1.00 bits per heavy atom. The van der Waals surface area contributed by atoms with Gasteiger partial charge in [-0.2, -0.15) is 21.6 Å². The summed E-state index contributed by atoms with van der Waals surface area (Å²) in [6.45, 7) is 13.3. The van der Waals surface area contributed by atoms with Gasteiger partial charge in [-0.1, -0.05) is 59.7 Å². The number of hydrogen-bond donors (Lipinski definition) is 0. The molecule has 0 saturated heterocycles. The van der Waals surface area contributed by atoms with Gasteiger partial charge in [0.2, 0.25) is 5.91 Å². The number of carbonyl (C=O) groups is 1. The van der Waals surface area contributed by atoms with Crippen LogP contribution in [0.1, 0.15) is 65.5 Å². The fourth-order valence-corrected chi connectivity index (χ4v) is 5.13. The average Bonchev–Trinajstić information content (AvgIpc) is 2.71. The first-order chi connectivity index (χ1) is 16.5. The van der Waals surface area contributed by atoms with Crippen LogP contribution in [0.4, 0.5) is 13.2 Å². The van der Waals surface area contributed by atoms with Crippen molar-refractivity contribution in [3.8, 4) is 5.75 Å². The zero-order valence-electron chi connectivity index (χ0n) is 21.7. The summed E-state index contributed by atoms with van der Waals surface area (Å²) in [4.78, 5) is 14.3. The summed E-state index contributed by atoms with van der Waals surface area (Å²) in [5.74, 6) is 0.415. The number of carbonyl (C=O) groups excluding carboxylic acids is 1. The summed E-state index contributed by atoms with van der Waals surface area (Å²) in [5, 5.41) is 0. The van der Waals surface area contributed by atoms with Crippen LogP contribution in [0.2, 0.25) is 0 Å². The second-order valence-corrected chi connectivity index (χ2v) is 12.5. The van der Waals surface area contributed by atoms with E-state index in [0.29, 0.717) is 24.6 Å². The monoisotopic (exact) mass is 527 g/mol. The van der Waals surface area contributed by atoms with Crippen LogP contribution in [0.5, 0.6) is 5.75 Å². The van der Waals surface area contributed by atoms with E-state index in [-0.39, 0.29) is 35.5 Å². The van der Waals surface area contributed by atoms with Gasteiger partial charge in [-0.15, -0.1) is 0 Å². The van der Waals surface area contributed by atoms with E-state index in [0.717, 1.165) is 24.6 Å². The normalized spacial score (nSPS) is 13.5. The van der Waals surface area contributed by atoms with Crippen molar-refractivity contribution in [2.75, 3.05) is 6.54 Å². The molecule has 0 saturated carbocycles. The Morgan fingerprint density at radius 3 is 2.22 bits per heavy atom. The smallest absolute Gasteiger partial charge is 0.379 e. The highest BCUT2D eigenvalue weighted by Crippen LogP contribution is 2.31. The van der Waals surface area contributed by atoms with Crippen LogP contribution < -0.4 is 4.18 Å². The maximum absolute atomic E-state index is 13.1. The van der Waals surface area contributed by atoms with Gasteiger partial charge in [0, 0.05) is 19.5 Å². The van der Waals surface area contributed by atoms with E-state index in [2.05, 4.69) is 27.7 Å². The number of rotatable bonds is 10. The Morgan fingerprint density at radius 2 is 1.64 bits per heavy atom. The van der Waals surface area contributed by atoms with Gasteiger partial charge in [0.05, 0.1) is 5.56 Å². The quantitative estimate of drug-likeness (QED) is 0.315. The first-order valence-corrected chi connectivity index (χ1v) is 13.4. The lowest BCUT2D eigenvalue weighted by Gasteiger charge is -2.28. The SMILES string of the molecule is CC(C)CN(Cc1cccc(OS(=O)(=O)c2cccc(C(F)(F)F)c2)c1)C(=O)C[C@H](C)CC(C)(C)C. The molecule has 0 aliphatic heterocycles. The number of halogens is 3. The molecular weight excluding hydrogens is 491 g/mol. The summed E-state index contributed by atoms with van der Waals surface area (Å²) in [6.07, 6.45) is -3.36. The highest BCUT2D eigenvalue weighted by molar-refractivity contribution is 7.87. The Labute approximate surface area is 212 Å². The summed E-state index contributed by atoms with van der Waals surface area (Å²) in [5.41, 5.74) is -0.312. The van der Waals surface area contributed by atoms with Gasteiger partial charge in [-0.3, -0.25) is 4.79 Å². The summed E-state index contributed by atoms with van der Waals surface area (Å²) < 4.78 is 69.5. The highest BCUT2D eigenvalue weighted by Gasteiger charge is 2.32. The van der Waals surface area contributed by atoms with E-state index in [9.17, 15) is 26.4 Å². The van der Waals surface area contributed by atoms with E-state index in [4.69, 9.17) is 4.18 Å². The molecule has 0 spiro atoms. The predicted octanol–water partition coefficient (Wildman–Crippen LogP) is 6.92. The van der Waals surface area contributed by atoms with Gasteiger partial charge in [-0.05, 0) is 59.6 Å². The molecule has 0 heterocycles. The number of alkyl halides is 3. The van der Waals surface area contributed by atoms with Gasteiger partial charge in [0.25, 0.3) is 0 Å². The second kappa shape index (κ2) is 11.7. The van der Waals surface area contributed by atoms with Crippen LogP contribution >= 0.6 is 0 Å². The average molecular weight is 528 g/mol. The molecule has 9 heteroatoms. The number of hydrogen-bond acceptors (Lipinski definition) is 4. The highest BCUT2D eigenvalue weighted by atomic mass is 32.2. The maximum Gasteiger partial charge on any atom is 0.416 e. The third-order valence-electron chi connectivity index (χ3n) is 5.35. The molecule has 2 rings (SSSR count). The molecule has 2 aromatic carbocycles. The molecule has 0 fully saturated rings. The Bertz CT molecular complexity index is 1140. The van der Waals surface area contributed by atoms with Crippen molar-refractivity contribution >= 4 is 16.0 Å². The van der Waals surface area contributed by atoms with Crippen molar-refractivity contribution in [3.05, 3.63) is 59.7 Å². The van der Waals surface area contributed by atoms with Crippen LogP contribution in [0.3, 0.4) is 0 Å². The third-order valence-corrected chi connectivity index (χ3v) is 6.59. The molecule has 36 heavy (non-hydrogen) atoms. The fraction of sp³-hybridized carbons (Fsp3) is 0.519. The standard InChI is InChI=1S/C27H36F3NO4S/c1-19(2)17-31(25(32)13-20(3)16-26(4,5)6)18-21-9-7-11-23(14-21)35-36(33,34)24-12-8-10-22(15-24)27(28,29)30/h7-12,14-15,19-20H,13,16-18H2,1-6H3/t20-/m0/s1. The van der Waals surface area contributed by atoms with Gasteiger partial charge in [-0.25, -0.2) is 0 Å². The second-order valence-electron chi connectivity index (χ2n) is 11.0. The van der Waals surface area contributed by atoms with Crippen LogP contribution in [0.25, 0.3) is 0 Å². The van der Waals surface area contributed by atoms with Crippen molar-refractivity contribution in [2.24, 2.45) is 17.3 Å². The molecule has 0 aromatic heterocycles. The minimum Gasteiger partial charge on any atom is -0.379 e. The molecule has 0 unspecified atom stereocenters. The Balaban J connectivity index is 2.20. The molecule has 0 bridgehead atoms. The minimum atomic E-state index is -4.68. The lowest BCUT2D eigenvalue weighted by atomic mass is 9.84. The van der Waals surface area contributed by atoms with E-state index in [1.807, 2.05) is 13.8 Å². The van der Waals surface area contributed by atoms with Crippen molar-refractivity contribution in [2.45, 2.75) is 72.0 Å². The topological polar surface area (TPSA) is 63.7 Å². The van der Waals surface area contributed by atoms with E-state index in [1.165, 1.54) is 12.1 Å². The molecule has 0 aliphatic carbocycles. The first kappa shape index (κ1) is 29.7. The van der Waals surface area contributed by atoms with Crippen LogP contribution in [0.15, 0.2) is 53.4 Å². The molecule has 1 amide bonds. The molecular formula is C27H36F3NO4S. The van der Waals surface area contributed by atoms with Crippen LogP contribution in [-0.2, 0) is 27.6 Å². The van der Waals surface area contributed by atoms with Crippen LogP contribution in [0, 0.1) is 17.3 Å². The lowest BCUT2D eigenvalue weighted by Crippen LogP contribution is -2.35. The van der Waals surface area contributed by atoms with Crippen molar-refractivity contribution in [1.82, 2.24) is 4.90 Å². The fourth-order valence-electron chi connectivity index (χ4n) is 4.16. The first-order valence-electron chi connectivity index (χ1n) is 11.9. The predicted molar refractivity (Wildman–Crippen MR) is 134 cm³/mol. The molecule has 0 radical (unpaired) electrons. The van der Waals surface area contributed by atoms with Gasteiger partial charge in [0.15, 0.2) is 0 Å². The molecule has 0 N–H and O–H groups in total. The molecule has 1 atom stereocenters. The summed E-state index contributed by atoms with van der Waals surface area (Å²) in [6, 6.07) is 9.65. The number of nitrogens with zero attached hydrogens (tertiary/aromatic N) is 1. The van der Waals surface area contributed by atoms with Crippen molar-refractivity contribution < 1.29 is 30.6 Å². The maximum atomic E-state index is 13.1. The summed E-state index contributed by atoms with van der Waals surface area (Å²) >= 11 is 0. The number of benzene rings is 2. The molecule has 0 aliphatic rings. The van der Waals surface area contributed by atoms with Crippen molar-refractivity contribution in [1.29, 1.82) is 0 Å². The zero-order valence-corrected chi connectivity index (χ0v) is 22.5. The third kappa shape index (κ3) is 9.48. The number of amides is 1. The van der Waals surface area contributed by atoms with E-state index in [1.54, 1.807) is 17.0 Å². The molecule has 5 nitrogen and oxygen atoms in total. The molecule has 200 valence electrons. The van der Waals surface area contributed by atoms with Crippen LogP contribution in [-0.4, -0.2) is 25.8 Å². The van der Waals surface area contributed by atoms with Gasteiger partial charge < -0.3 is 9.08 Å². The van der Waals surface area contributed by atoms with Crippen molar-refractivity contribution in [3.63, 3.8) is 0 Å². The summed E-state index contributed by atoms with van der Waals surface area (Å²) in [7, 11) is -4.49. The van der Waals surface area contributed by atoms with Gasteiger partial charge in [0.1, 0.15) is 10.6 Å². The molecule has 2 aromatic rings. The zero-order chi connectivity index (χ0) is 27.3. The minimum absolute atomic E-state index is 0.0170. The van der Waals surface area contributed by atoms with Gasteiger partial charge >= 0.3 is 16.3 Å². The van der Waals surface area contributed by atoms with E-state index < -0.39 is 26.8 Å².